The number of likely N-dealkylation sites (tertiary alicyclic amines) is 1. The third-order valence-electron chi connectivity index (χ3n) is 5.55. The van der Waals surface area contributed by atoms with Gasteiger partial charge in [-0.2, -0.15) is 21.6 Å². The van der Waals surface area contributed by atoms with Gasteiger partial charge in [0.1, 0.15) is 6.17 Å². The highest BCUT2D eigenvalue weighted by atomic mass is 32.2. The van der Waals surface area contributed by atoms with Gasteiger partial charge >= 0.3 is 15.5 Å². The molecule has 1 aliphatic heterocycles. The highest BCUT2D eigenvalue weighted by molar-refractivity contribution is 7.93. The van der Waals surface area contributed by atoms with Gasteiger partial charge < -0.3 is 10.6 Å². The highest BCUT2D eigenvalue weighted by Gasteiger charge is 2.46. The maximum Gasteiger partial charge on any atom is 0.516 e. The van der Waals surface area contributed by atoms with E-state index in [1.54, 1.807) is 30.3 Å². The largest absolute Gasteiger partial charge is 0.516 e. The number of benzene rings is 2. The molecule has 0 spiro atoms. The number of alkyl halides is 4. The number of halogens is 4. The second-order valence-corrected chi connectivity index (χ2v) is 9.49. The summed E-state index contributed by atoms with van der Waals surface area (Å²) in [6.07, 6.45) is -0.670. The Balaban J connectivity index is 1.73. The van der Waals surface area contributed by atoms with Crippen LogP contribution in [0.1, 0.15) is 24.8 Å². The first-order valence-electron chi connectivity index (χ1n) is 9.94. The zero-order valence-electron chi connectivity index (χ0n) is 17.3. The van der Waals surface area contributed by atoms with Crippen molar-refractivity contribution in [2.24, 2.45) is 0 Å². The molecule has 0 saturated carbocycles. The van der Waals surface area contributed by atoms with Crippen molar-refractivity contribution >= 4 is 21.6 Å². The molecular weight excluding hydrogens is 450 g/mol. The van der Waals surface area contributed by atoms with Crippen LogP contribution in [-0.4, -0.2) is 50.0 Å². The number of rotatable bonds is 6. The topological polar surface area (TPSA) is 94.1 Å². The van der Waals surface area contributed by atoms with E-state index >= 15 is 0 Å². The van der Waals surface area contributed by atoms with E-state index in [0.717, 1.165) is 5.56 Å². The fraction of sp³-hybridized carbons (Fsp3) is 0.381. The molecule has 0 radical (unpaired) electrons. The van der Waals surface area contributed by atoms with E-state index < -0.39 is 27.7 Å². The van der Waals surface area contributed by atoms with Crippen LogP contribution in [0.5, 0.6) is 0 Å². The van der Waals surface area contributed by atoms with E-state index in [4.69, 9.17) is 0 Å². The number of quaternary nitrogens is 1. The van der Waals surface area contributed by atoms with Gasteiger partial charge in [0.2, 0.25) is 0 Å². The van der Waals surface area contributed by atoms with Gasteiger partial charge in [0.05, 0.1) is 6.54 Å². The number of nitrogens with one attached hydrogen (secondary N) is 1. The quantitative estimate of drug-likeness (QED) is 0.631. The molecule has 4 N–H and O–H groups in total. The summed E-state index contributed by atoms with van der Waals surface area (Å²) in [7, 11) is -5.51. The summed E-state index contributed by atoms with van der Waals surface area (Å²) in [5.74, 6) is -0.438. The van der Waals surface area contributed by atoms with Crippen molar-refractivity contribution in [2.45, 2.75) is 37.0 Å². The van der Waals surface area contributed by atoms with E-state index in [0.29, 0.717) is 24.1 Å². The molecule has 1 fully saturated rings. The molecule has 1 saturated heterocycles. The summed E-state index contributed by atoms with van der Waals surface area (Å²) in [5, 5.41) is 0. The van der Waals surface area contributed by atoms with Crippen LogP contribution in [-0.2, 0) is 14.8 Å². The van der Waals surface area contributed by atoms with Crippen molar-refractivity contribution in [1.29, 1.82) is 0 Å². The second-order valence-electron chi connectivity index (χ2n) is 7.82. The summed E-state index contributed by atoms with van der Waals surface area (Å²) in [6, 6.07) is 12.0. The van der Waals surface area contributed by atoms with Crippen LogP contribution in [0.2, 0.25) is 0 Å². The number of carbonyl (C=O) groups is 1. The summed E-state index contributed by atoms with van der Waals surface area (Å²) in [4.78, 5) is 14.1. The van der Waals surface area contributed by atoms with Crippen molar-refractivity contribution in [1.82, 2.24) is 4.90 Å². The van der Waals surface area contributed by atoms with E-state index in [-0.39, 0.29) is 24.1 Å². The first-order valence-corrected chi connectivity index (χ1v) is 11.4. The van der Waals surface area contributed by atoms with Crippen molar-refractivity contribution in [3.8, 4) is 11.1 Å². The zero-order valence-corrected chi connectivity index (χ0v) is 18.1. The van der Waals surface area contributed by atoms with Crippen LogP contribution in [0.4, 0.5) is 23.2 Å². The molecule has 0 unspecified atom stereocenters. The minimum atomic E-state index is -5.51. The van der Waals surface area contributed by atoms with Crippen LogP contribution in [0.15, 0.2) is 48.5 Å². The molecule has 1 heterocycles. The Morgan fingerprint density at radius 2 is 1.81 bits per heavy atom. The lowest BCUT2D eigenvalue weighted by molar-refractivity contribution is -0.410. The molecule has 0 aromatic heterocycles. The Labute approximate surface area is 183 Å². The Morgan fingerprint density at radius 3 is 2.38 bits per heavy atom. The first kappa shape index (κ1) is 24.0. The summed E-state index contributed by atoms with van der Waals surface area (Å²) in [5.41, 5.74) is 0.328. The normalized spacial score (nSPS) is 18.9. The molecule has 3 atom stereocenters. The number of hydrogen-bond acceptors (Lipinski definition) is 3. The Hall–Kier alpha value is -2.66. The Bertz CT molecular complexity index is 1070. The van der Waals surface area contributed by atoms with E-state index in [1.165, 1.54) is 27.8 Å². The van der Waals surface area contributed by atoms with Crippen molar-refractivity contribution in [2.75, 3.05) is 17.8 Å². The molecular formula is C21H24F4N3O3S+. The first-order chi connectivity index (χ1) is 14.9. The molecule has 174 valence electrons. The third kappa shape index (κ3) is 5.21. The lowest BCUT2D eigenvalue weighted by Crippen LogP contribution is -2.69. The standard InChI is InChI=1S/C21H23F4N3O3S/c1-13(19(26)20(29)28-10-9-17(22)12-28)14-5-7-15(8-6-14)16-3-2-4-18(11-16)27-32(30,31)21(23,24)25/h2-8,11,13,17,19,27H,9-10,12,26H2,1H3/p+1/t13-,17-,19-/m0/s1. The van der Waals surface area contributed by atoms with Crippen molar-refractivity contribution in [3.63, 3.8) is 0 Å². The number of sulfonamides is 1. The van der Waals surface area contributed by atoms with Crippen LogP contribution < -0.4 is 10.5 Å². The summed E-state index contributed by atoms with van der Waals surface area (Å²) < 4.78 is 75.4. The number of carbonyl (C=O) groups excluding carboxylic acids is 1. The van der Waals surface area contributed by atoms with Gasteiger partial charge in [0.25, 0.3) is 5.91 Å². The van der Waals surface area contributed by atoms with Gasteiger partial charge in [-0.1, -0.05) is 43.3 Å². The highest BCUT2D eigenvalue weighted by Crippen LogP contribution is 2.29. The van der Waals surface area contributed by atoms with E-state index in [1.807, 2.05) is 6.92 Å². The van der Waals surface area contributed by atoms with Gasteiger partial charge in [-0.3, -0.25) is 9.52 Å². The number of hydrogen-bond donors (Lipinski definition) is 2. The van der Waals surface area contributed by atoms with Gasteiger partial charge in [-0.15, -0.1) is 0 Å². The molecule has 0 bridgehead atoms. The minimum Gasteiger partial charge on any atom is -0.347 e. The number of nitrogens with zero attached hydrogens (tertiary/aromatic N) is 1. The molecule has 32 heavy (non-hydrogen) atoms. The Kier molecular flexibility index (Phi) is 6.80. The molecule has 6 nitrogen and oxygen atoms in total. The summed E-state index contributed by atoms with van der Waals surface area (Å²) >= 11 is 0. The van der Waals surface area contributed by atoms with Crippen molar-refractivity contribution in [3.05, 3.63) is 54.1 Å². The number of anilines is 1. The molecule has 11 heteroatoms. The maximum absolute atomic E-state index is 13.4. The van der Waals surface area contributed by atoms with Crippen LogP contribution >= 0.6 is 0 Å². The van der Waals surface area contributed by atoms with Gasteiger partial charge in [-0.25, -0.2) is 4.39 Å². The van der Waals surface area contributed by atoms with Crippen molar-refractivity contribution < 1.29 is 36.5 Å². The molecule has 2 aromatic carbocycles. The maximum atomic E-state index is 13.4. The lowest BCUT2D eigenvalue weighted by atomic mass is 9.91. The molecule has 3 rings (SSSR count). The number of amides is 1. The summed E-state index contributed by atoms with van der Waals surface area (Å²) in [6.45, 7) is 2.32. The smallest absolute Gasteiger partial charge is 0.347 e. The van der Waals surface area contributed by atoms with Crippen LogP contribution in [0.3, 0.4) is 0 Å². The van der Waals surface area contributed by atoms with Crippen LogP contribution in [0.25, 0.3) is 11.1 Å². The fourth-order valence-corrected chi connectivity index (χ4v) is 4.11. The minimum absolute atomic E-state index is 0.0882. The third-order valence-corrected chi connectivity index (χ3v) is 6.67. The predicted molar refractivity (Wildman–Crippen MR) is 112 cm³/mol. The van der Waals surface area contributed by atoms with Gasteiger partial charge in [0.15, 0.2) is 6.04 Å². The zero-order chi connectivity index (χ0) is 23.7. The average Bonchev–Trinajstić information content (AvgIpc) is 3.17. The average molecular weight is 475 g/mol. The second kappa shape index (κ2) is 9.07. The monoisotopic (exact) mass is 474 g/mol. The molecule has 2 aromatic rings. The van der Waals surface area contributed by atoms with Crippen LogP contribution in [0, 0.1) is 0 Å². The fourth-order valence-electron chi connectivity index (χ4n) is 3.55. The lowest BCUT2D eigenvalue weighted by Gasteiger charge is -2.22. The van der Waals surface area contributed by atoms with E-state index in [2.05, 4.69) is 5.73 Å². The predicted octanol–water partition coefficient (Wildman–Crippen LogP) is 2.90. The van der Waals surface area contributed by atoms with Gasteiger partial charge in [0, 0.05) is 18.2 Å². The molecule has 0 aliphatic carbocycles. The molecule has 1 aliphatic rings. The van der Waals surface area contributed by atoms with Gasteiger partial charge in [-0.05, 0) is 35.2 Å². The SMILES string of the molecule is C[C@@H](c1ccc(-c2cccc(NS(=O)(=O)C(F)(F)F)c2)cc1)[C@H]([NH3+])C(=O)N1CC[C@H](F)C1. The Morgan fingerprint density at radius 1 is 1.16 bits per heavy atom. The van der Waals surface area contributed by atoms with E-state index in [9.17, 15) is 30.8 Å². The molecule has 1 amide bonds.